The number of anilines is 1. The van der Waals surface area contributed by atoms with Crippen LogP contribution in [-0.4, -0.2) is 33.3 Å². The van der Waals surface area contributed by atoms with E-state index in [0.29, 0.717) is 22.7 Å². The Balaban J connectivity index is 1.96. The Labute approximate surface area is 145 Å². The summed E-state index contributed by atoms with van der Waals surface area (Å²) in [5, 5.41) is 5.43. The smallest absolute Gasteiger partial charge is 0.337 e. The van der Waals surface area contributed by atoms with E-state index in [2.05, 4.69) is 15.4 Å². The summed E-state index contributed by atoms with van der Waals surface area (Å²) in [6.45, 7) is 0.268. The van der Waals surface area contributed by atoms with Gasteiger partial charge in [-0.1, -0.05) is 12.1 Å². The molecule has 132 valence electrons. The Morgan fingerprint density at radius 3 is 2.40 bits per heavy atom. The molecule has 2 aromatic carbocycles. The molecule has 0 heterocycles. The molecule has 0 bridgehead atoms. The van der Waals surface area contributed by atoms with Gasteiger partial charge in [0, 0.05) is 18.3 Å². The van der Waals surface area contributed by atoms with Crippen molar-refractivity contribution in [1.82, 2.24) is 5.32 Å². The lowest BCUT2D eigenvalue weighted by atomic mass is 10.1. The maximum Gasteiger partial charge on any atom is 0.337 e. The third kappa shape index (κ3) is 4.87. The molecular formula is C18H20N2O5. The Hall–Kier alpha value is -3.22. The zero-order chi connectivity index (χ0) is 18.2. The fourth-order valence-corrected chi connectivity index (χ4v) is 2.20. The zero-order valence-corrected chi connectivity index (χ0v) is 14.3. The minimum absolute atomic E-state index is 0.268. The third-order valence-corrected chi connectivity index (χ3v) is 3.44. The van der Waals surface area contributed by atoms with Gasteiger partial charge in [0.25, 0.3) is 0 Å². The van der Waals surface area contributed by atoms with Gasteiger partial charge in [-0.05, 0) is 29.8 Å². The topological polar surface area (TPSA) is 85.9 Å². The van der Waals surface area contributed by atoms with Crippen molar-refractivity contribution in [1.29, 1.82) is 0 Å². The quantitative estimate of drug-likeness (QED) is 0.787. The van der Waals surface area contributed by atoms with Crippen molar-refractivity contribution in [3.8, 4) is 11.5 Å². The Kier molecular flexibility index (Phi) is 6.22. The molecule has 0 saturated carbocycles. The lowest BCUT2D eigenvalue weighted by molar-refractivity contribution is 0.0600. The molecule has 7 heteroatoms. The normalized spacial score (nSPS) is 9.88. The number of esters is 1. The van der Waals surface area contributed by atoms with E-state index in [-0.39, 0.29) is 12.6 Å². The summed E-state index contributed by atoms with van der Waals surface area (Å²) in [6.07, 6.45) is 0. The second-order valence-electron chi connectivity index (χ2n) is 5.07. The van der Waals surface area contributed by atoms with Crippen LogP contribution < -0.4 is 20.1 Å². The highest BCUT2D eigenvalue weighted by molar-refractivity contribution is 5.90. The van der Waals surface area contributed by atoms with Crippen LogP contribution in [0.3, 0.4) is 0 Å². The number of ether oxygens (including phenoxy) is 3. The summed E-state index contributed by atoms with van der Waals surface area (Å²) >= 11 is 0. The first-order chi connectivity index (χ1) is 12.1. The van der Waals surface area contributed by atoms with Crippen molar-refractivity contribution in [3.05, 3.63) is 53.6 Å². The van der Waals surface area contributed by atoms with Gasteiger partial charge < -0.3 is 24.8 Å². The van der Waals surface area contributed by atoms with Crippen LogP contribution in [0.25, 0.3) is 0 Å². The van der Waals surface area contributed by atoms with Crippen LogP contribution in [0.2, 0.25) is 0 Å². The van der Waals surface area contributed by atoms with E-state index < -0.39 is 5.97 Å². The molecular weight excluding hydrogens is 324 g/mol. The molecule has 0 fully saturated rings. The largest absolute Gasteiger partial charge is 0.493 e. The first-order valence-corrected chi connectivity index (χ1v) is 7.51. The molecule has 0 aliphatic heterocycles. The number of methoxy groups -OCH3 is 3. The summed E-state index contributed by atoms with van der Waals surface area (Å²) in [5.41, 5.74) is 1.78. The number of benzene rings is 2. The van der Waals surface area contributed by atoms with Crippen LogP contribution in [-0.2, 0) is 11.3 Å². The average Bonchev–Trinajstić information content (AvgIpc) is 2.65. The van der Waals surface area contributed by atoms with Gasteiger partial charge in [0.15, 0.2) is 11.5 Å². The molecule has 2 rings (SSSR count). The van der Waals surface area contributed by atoms with Gasteiger partial charge in [-0.3, -0.25) is 0 Å². The fourth-order valence-electron chi connectivity index (χ4n) is 2.20. The summed E-state index contributed by atoms with van der Waals surface area (Å²) in [4.78, 5) is 23.5. The van der Waals surface area contributed by atoms with Gasteiger partial charge in [-0.2, -0.15) is 0 Å². The minimum atomic E-state index is -0.420. The van der Waals surface area contributed by atoms with Crippen molar-refractivity contribution in [3.63, 3.8) is 0 Å². The maximum absolute atomic E-state index is 12.0. The Morgan fingerprint density at radius 2 is 1.72 bits per heavy atom. The number of hydrogen-bond acceptors (Lipinski definition) is 5. The number of carbonyl (C=O) groups is 2. The van der Waals surface area contributed by atoms with Gasteiger partial charge in [0.2, 0.25) is 0 Å². The van der Waals surface area contributed by atoms with Crippen LogP contribution >= 0.6 is 0 Å². The molecule has 0 unspecified atom stereocenters. The van der Waals surface area contributed by atoms with Crippen molar-refractivity contribution in [2.45, 2.75) is 6.54 Å². The first kappa shape index (κ1) is 18.1. The number of carbonyl (C=O) groups excluding carboxylic acids is 2. The van der Waals surface area contributed by atoms with E-state index >= 15 is 0 Å². The molecule has 2 aromatic rings. The van der Waals surface area contributed by atoms with Crippen LogP contribution in [0, 0.1) is 0 Å². The molecule has 0 saturated heterocycles. The monoisotopic (exact) mass is 344 g/mol. The highest BCUT2D eigenvalue weighted by Crippen LogP contribution is 2.29. The Bertz CT molecular complexity index is 761. The number of urea groups is 1. The summed E-state index contributed by atoms with van der Waals surface area (Å²) < 4.78 is 15.0. The maximum atomic E-state index is 12.0. The van der Waals surface area contributed by atoms with E-state index in [1.54, 1.807) is 43.5 Å². The lowest BCUT2D eigenvalue weighted by Crippen LogP contribution is -2.28. The fraction of sp³-hybridized carbons (Fsp3) is 0.222. The molecule has 2 amide bonds. The summed E-state index contributed by atoms with van der Waals surface area (Å²) in [6, 6.07) is 11.6. The molecule has 0 radical (unpaired) electrons. The molecule has 0 aromatic heterocycles. The second-order valence-corrected chi connectivity index (χ2v) is 5.07. The Morgan fingerprint density at radius 1 is 0.960 bits per heavy atom. The van der Waals surface area contributed by atoms with Crippen LogP contribution in [0.4, 0.5) is 10.5 Å². The van der Waals surface area contributed by atoms with Crippen LogP contribution in [0.1, 0.15) is 15.9 Å². The standard InChI is InChI=1S/C18H20N2O5/c1-23-15-8-7-14(10-16(15)24-2)20-18(22)19-11-12-5-4-6-13(9-12)17(21)25-3/h4-10H,11H2,1-3H3,(H2,19,20,22). The summed E-state index contributed by atoms with van der Waals surface area (Å²) in [7, 11) is 4.39. The van der Waals surface area contributed by atoms with E-state index in [0.717, 1.165) is 5.56 Å². The molecule has 2 N–H and O–H groups in total. The molecule has 0 atom stereocenters. The first-order valence-electron chi connectivity index (χ1n) is 7.51. The molecule has 0 spiro atoms. The van der Waals surface area contributed by atoms with Crippen LogP contribution in [0.5, 0.6) is 11.5 Å². The predicted molar refractivity (Wildman–Crippen MR) is 93.2 cm³/mol. The molecule has 0 aliphatic carbocycles. The van der Waals surface area contributed by atoms with Crippen molar-refractivity contribution >= 4 is 17.7 Å². The zero-order valence-electron chi connectivity index (χ0n) is 14.3. The third-order valence-electron chi connectivity index (χ3n) is 3.44. The van der Waals surface area contributed by atoms with Crippen molar-refractivity contribution in [2.24, 2.45) is 0 Å². The predicted octanol–water partition coefficient (Wildman–Crippen LogP) is 2.81. The van der Waals surface area contributed by atoms with Crippen molar-refractivity contribution < 1.29 is 23.8 Å². The molecule has 25 heavy (non-hydrogen) atoms. The highest BCUT2D eigenvalue weighted by atomic mass is 16.5. The van der Waals surface area contributed by atoms with Gasteiger partial charge in [-0.25, -0.2) is 9.59 Å². The average molecular weight is 344 g/mol. The second kappa shape index (κ2) is 8.58. The van der Waals surface area contributed by atoms with E-state index in [9.17, 15) is 9.59 Å². The number of hydrogen-bond donors (Lipinski definition) is 2. The van der Waals surface area contributed by atoms with E-state index in [1.807, 2.05) is 6.07 Å². The van der Waals surface area contributed by atoms with E-state index in [4.69, 9.17) is 9.47 Å². The molecule has 7 nitrogen and oxygen atoms in total. The SMILES string of the molecule is COC(=O)c1cccc(CNC(=O)Nc2ccc(OC)c(OC)c2)c1. The van der Waals surface area contributed by atoms with Crippen molar-refractivity contribution in [2.75, 3.05) is 26.6 Å². The number of amides is 2. The highest BCUT2D eigenvalue weighted by Gasteiger charge is 2.09. The summed E-state index contributed by atoms with van der Waals surface area (Å²) in [5.74, 6) is 0.677. The van der Waals surface area contributed by atoms with Gasteiger partial charge in [-0.15, -0.1) is 0 Å². The number of rotatable bonds is 6. The van der Waals surface area contributed by atoms with Crippen LogP contribution in [0.15, 0.2) is 42.5 Å². The van der Waals surface area contributed by atoms with Gasteiger partial charge >= 0.3 is 12.0 Å². The van der Waals surface area contributed by atoms with E-state index in [1.165, 1.54) is 14.2 Å². The van der Waals surface area contributed by atoms with Gasteiger partial charge in [0.1, 0.15) is 0 Å². The van der Waals surface area contributed by atoms with Gasteiger partial charge in [0.05, 0.1) is 26.9 Å². The number of nitrogens with one attached hydrogen (secondary N) is 2. The molecule has 0 aliphatic rings. The minimum Gasteiger partial charge on any atom is -0.493 e. The lowest BCUT2D eigenvalue weighted by Gasteiger charge is -2.11.